The zero-order valence-corrected chi connectivity index (χ0v) is 12.0. The number of unbranched alkanes of at least 4 members (excludes halogenated alkanes) is 6. The van der Waals surface area contributed by atoms with Gasteiger partial charge in [-0.1, -0.05) is 32.1 Å². The lowest BCUT2D eigenvalue weighted by molar-refractivity contribution is 0.407. The Balaban J connectivity index is 3.04. The maximum absolute atomic E-state index is 10.2. The van der Waals surface area contributed by atoms with E-state index in [1.165, 1.54) is 32.1 Å². The van der Waals surface area contributed by atoms with Crippen LogP contribution in [0.2, 0.25) is 0 Å². The van der Waals surface area contributed by atoms with Crippen molar-refractivity contribution < 1.29 is 16.6 Å². The molecule has 0 rings (SSSR count). The fourth-order valence-corrected chi connectivity index (χ4v) is 2.52. The van der Waals surface area contributed by atoms with Crippen molar-refractivity contribution in [2.24, 2.45) is 0 Å². The van der Waals surface area contributed by atoms with E-state index in [-0.39, 0.29) is 0 Å². The second-order valence-corrected chi connectivity index (χ2v) is 5.94. The Kier molecular flexibility index (Phi) is 11.4. The van der Waals surface area contributed by atoms with Gasteiger partial charge in [0.1, 0.15) is 0 Å². The second-order valence-electron chi connectivity index (χ2n) is 3.90. The highest BCUT2D eigenvalue weighted by Crippen LogP contribution is 2.12. The first-order valence-electron chi connectivity index (χ1n) is 5.99. The lowest BCUT2D eigenvalue weighted by Crippen LogP contribution is -2.06. The van der Waals surface area contributed by atoms with Gasteiger partial charge in [0.05, 0.1) is 0 Å². The van der Waals surface area contributed by atoms with E-state index in [4.69, 9.17) is 4.55 Å². The second kappa shape index (κ2) is 11.3. The highest BCUT2D eigenvalue weighted by atomic mass is 32.3. The topological polar surface area (TPSA) is 75.6 Å². The maximum Gasteiger partial charge on any atom is 0.408 e. The molecule has 0 unspecified atom stereocenters. The molecule has 0 radical (unpaired) electrons. The van der Waals surface area contributed by atoms with Gasteiger partial charge in [0.15, 0.2) is 0 Å². The van der Waals surface area contributed by atoms with E-state index in [0.717, 1.165) is 31.4 Å². The molecule has 0 aliphatic heterocycles. The van der Waals surface area contributed by atoms with E-state index in [2.05, 4.69) is 8.95 Å². The van der Waals surface area contributed by atoms with Crippen LogP contribution in [0.1, 0.15) is 44.9 Å². The van der Waals surface area contributed by atoms with Crippen LogP contribution in [-0.2, 0) is 14.0 Å². The third kappa shape index (κ3) is 16.2. The highest BCUT2D eigenvalue weighted by Gasteiger charge is 2.03. The quantitative estimate of drug-likeness (QED) is 0.326. The minimum Gasteiger partial charge on any atom is -0.320 e. The number of rotatable bonds is 12. The SMILES string of the molecule is CNCCCCCCCCCSOS(=O)(=O)O. The summed E-state index contributed by atoms with van der Waals surface area (Å²) in [4.78, 5) is 0. The maximum atomic E-state index is 10.2. The molecule has 17 heavy (non-hydrogen) atoms. The van der Waals surface area contributed by atoms with Gasteiger partial charge in [-0.3, -0.25) is 4.55 Å². The normalized spacial score (nSPS) is 11.9. The van der Waals surface area contributed by atoms with Crippen LogP contribution in [0.3, 0.4) is 0 Å². The largest absolute Gasteiger partial charge is 0.408 e. The Morgan fingerprint density at radius 1 is 1.06 bits per heavy atom. The summed E-state index contributed by atoms with van der Waals surface area (Å²) in [5.41, 5.74) is 0. The minimum atomic E-state index is -4.28. The zero-order chi connectivity index (χ0) is 13.0. The van der Waals surface area contributed by atoms with E-state index < -0.39 is 10.4 Å². The molecule has 0 aromatic carbocycles. The van der Waals surface area contributed by atoms with Crippen LogP contribution >= 0.6 is 12.0 Å². The lowest BCUT2D eigenvalue weighted by atomic mass is 10.1. The Hall–Kier alpha value is 0.180. The molecule has 2 N–H and O–H groups in total. The van der Waals surface area contributed by atoms with Crippen molar-refractivity contribution in [3.05, 3.63) is 0 Å². The third-order valence-corrected chi connectivity index (χ3v) is 3.82. The zero-order valence-electron chi connectivity index (χ0n) is 10.4. The van der Waals surface area contributed by atoms with Gasteiger partial charge in [0.25, 0.3) is 0 Å². The van der Waals surface area contributed by atoms with E-state index in [0.29, 0.717) is 5.75 Å². The molecule has 0 heterocycles. The molecule has 0 aromatic rings. The molecule has 0 atom stereocenters. The Morgan fingerprint density at radius 2 is 1.59 bits per heavy atom. The lowest BCUT2D eigenvalue weighted by Gasteiger charge is -2.01. The smallest absolute Gasteiger partial charge is 0.320 e. The van der Waals surface area contributed by atoms with E-state index in [1.54, 1.807) is 0 Å². The molecule has 0 aliphatic rings. The van der Waals surface area contributed by atoms with Gasteiger partial charge in [0.2, 0.25) is 0 Å². The van der Waals surface area contributed by atoms with Crippen molar-refractivity contribution in [2.45, 2.75) is 44.9 Å². The standard InChI is InChI=1S/C10H23NO4S2/c1-11-9-7-5-3-2-4-6-8-10-16-15-17(12,13)14/h11H,2-10H2,1H3,(H,12,13,14). The van der Waals surface area contributed by atoms with Crippen LogP contribution in [-0.4, -0.2) is 32.3 Å². The minimum absolute atomic E-state index is 0.597. The van der Waals surface area contributed by atoms with Gasteiger partial charge in [-0.2, -0.15) is 12.0 Å². The van der Waals surface area contributed by atoms with Gasteiger partial charge in [-0.15, -0.1) is 0 Å². The van der Waals surface area contributed by atoms with Gasteiger partial charge < -0.3 is 5.32 Å². The average molecular weight is 285 g/mol. The molecule has 5 nitrogen and oxygen atoms in total. The van der Waals surface area contributed by atoms with E-state index in [9.17, 15) is 8.42 Å². The Morgan fingerprint density at radius 3 is 2.12 bits per heavy atom. The molecule has 7 heteroatoms. The van der Waals surface area contributed by atoms with Gasteiger partial charge in [-0.25, -0.2) is 0 Å². The van der Waals surface area contributed by atoms with Gasteiger partial charge >= 0.3 is 10.4 Å². The van der Waals surface area contributed by atoms with E-state index >= 15 is 0 Å². The molecule has 0 spiro atoms. The van der Waals surface area contributed by atoms with Gasteiger partial charge in [0, 0.05) is 17.8 Å². The highest BCUT2D eigenvalue weighted by molar-refractivity contribution is 8.02. The number of hydrogen-bond donors (Lipinski definition) is 2. The predicted molar refractivity (Wildman–Crippen MR) is 71.3 cm³/mol. The van der Waals surface area contributed by atoms with Crippen molar-refractivity contribution in [1.29, 1.82) is 0 Å². The first kappa shape index (κ1) is 17.2. The summed E-state index contributed by atoms with van der Waals surface area (Å²) < 4.78 is 32.8. The molecule has 0 saturated heterocycles. The summed E-state index contributed by atoms with van der Waals surface area (Å²) in [5.74, 6) is 0.597. The summed E-state index contributed by atoms with van der Waals surface area (Å²) in [6.07, 6.45) is 8.15. The summed E-state index contributed by atoms with van der Waals surface area (Å²) >= 11 is 0.789. The fraction of sp³-hybridized carbons (Fsp3) is 1.00. The molecule has 0 aliphatic carbocycles. The van der Waals surface area contributed by atoms with Crippen molar-refractivity contribution in [1.82, 2.24) is 5.32 Å². The van der Waals surface area contributed by atoms with E-state index in [1.807, 2.05) is 7.05 Å². The summed E-state index contributed by atoms with van der Waals surface area (Å²) in [6.45, 7) is 1.09. The average Bonchev–Trinajstić information content (AvgIpc) is 2.24. The van der Waals surface area contributed by atoms with Crippen LogP contribution in [0.15, 0.2) is 0 Å². The van der Waals surface area contributed by atoms with Gasteiger partial charge in [-0.05, 0) is 26.4 Å². The monoisotopic (exact) mass is 285 g/mol. The fourth-order valence-electron chi connectivity index (χ4n) is 1.44. The van der Waals surface area contributed by atoms with Crippen LogP contribution in [0, 0.1) is 0 Å². The predicted octanol–water partition coefficient (Wildman–Crippen LogP) is 2.40. The van der Waals surface area contributed by atoms with Crippen LogP contribution in [0.4, 0.5) is 0 Å². The molecule has 0 amide bonds. The van der Waals surface area contributed by atoms with Crippen molar-refractivity contribution in [2.75, 3.05) is 19.3 Å². The summed E-state index contributed by atoms with van der Waals surface area (Å²) in [7, 11) is -2.31. The molecule has 104 valence electrons. The van der Waals surface area contributed by atoms with Crippen LogP contribution in [0.25, 0.3) is 0 Å². The first-order valence-corrected chi connectivity index (χ1v) is 8.27. The number of nitrogens with one attached hydrogen (secondary N) is 1. The number of hydrogen-bond acceptors (Lipinski definition) is 5. The van der Waals surface area contributed by atoms with Crippen molar-refractivity contribution >= 4 is 22.4 Å². The Labute approximate surface area is 109 Å². The van der Waals surface area contributed by atoms with Crippen LogP contribution < -0.4 is 5.32 Å². The van der Waals surface area contributed by atoms with Crippen molar-refractivity contribution in [3.63, 3.8) is 0 Å². The Bertz CT molecular complexity index is 257. The molecule has 0 saturated carbocycles. The van der Waals surface area contributed by atoms with Crippen molar-refractivity contribution in [3.8, 4) is 0 Å². The summed E-state index contributed by atoms with van der Waals surface area (Å²) in [5, 5.41) is 3.12. The molecule has 0 fully saturated rings. The molecule has 0 bridgehead atoms. The molecular weight excluding hydrogens is 262 g/mol. The molecular formula is C10H23NO4S2. The summed E-state index contributed by atoms with van der Waals surface area (Å²) in [6, 6.07) is 0. The third-order valence-electron chi connectivity index (χ3n) is 2.29. The first-order chi connectivity index (χ1) is 8.06. The van der Waals surface area contributed by atoms with Crippen LogP contribution in [0.5, 0.6) is 0 Å². The molecule has 0 aromatic heterocycles.